The maximum absolute atomic E-state index is 11.3. The van der Waals surface area contributed by atoms with Gasteiger partial charge in [0, 0.05) is 12.3 Å². The van der Waals surface area contributed by atoms with Gasteiger partial charge in [0.1, 0.15) is 5.60 Å². The van der Waals surface area contributed by atoms with Gasteiger partial charge in [-0.15, -0.1) is 0 Å². The zero-order valence-electron chi connectivity index (χ0n) is 7.59. The van der Waals surface area contributed by atoms with E-state index in [0.29, 0.717) is 0 Å². The van der Waals surface area contributed by atoms with Crippen LogP contribution in [0.2, 0.25) is 0 Å². The molecule has 1 fully saturated rings. The second-order valence-corrected chi connectivity index (χ2v) is 4.55. The van der Waals surface area contributed by atoms with Gasteiger partial charge < -0.3 is 4.74 Å². The summed E-state index contributed by atoms with van der Waals surface area (Å²) in [4.78, 5) is 11.3. The van der Waals surface area contributed by atoms with Gasteiger partial charge in [-0.05, 0) is 32.7 Å². The SMILES string of the molecule is CC(C)(C)OC(=O)N1NCCS1. The van der Waals surface area contributed by atoms with Crippen LogP contribution in [0.5, 0.6) is 0 Å². The highest BCUT2D eigenvalue weighted by molar-refractivity contribution is 7.97. The standard InChI is InChI=1S/C7H14N2O2S/c1-7(2,3)11-6(10)9-8-4-5-12-9/h8H,4-5H2,1-3H3. The lowest BCUT2D eigenvalue weighted by Crippen LogP contribution is -2.37. The second-order valence-electron chi connectivity index (χ2n) is 3.52. The first-order valence-corrected chi connectivity index (χ1v) is 4.83. The molecule has 0 aromatic rings. The fourth-order valence-electron chi connectivity index (χ4n) is 0.750. The smallest absolute Gasteiger partial charge is 0.435 e. The summed E-state index contributed by atoms with van der Waals surface area (Å²) >= 11 is 1.44. The third-order valence-corrected chi connectivity index (χ3v) is 2.06. The van der Waals surface area contributed by atoms with Crippen LogP contribution in [-0.4, -0.2) is 28.4 Å². The van der Waals surface area contributed by atoms with Crippen LogP contribution in [0.4, 0.5) is 4.79 Å². The highest BCUT2D eigenvalue weighted by atomic mass is 32.2. The van der Waals surface area contributed by atoms with Crippen LogP contribution in [0.15, 0.2) is 0 Å². The number of amides is 1. The molecule has 0 bridgehead atoms. The molecule has 70 valence electrons. The molecule has 5 heteroatoms. The maximum Gasteiger partial charge on any atom is 0.435 e. The Morgan fingerprint density at radius 2 is 2.25 bits per heavy atom. The molecular weight excluding hydrogens is 176 g/mol. The fraction of sp³-hybridized carbons (Fsp3) is 0.857. The van der Waals surface area contributed by atoms with Crippen LogP contribution >= 0.6 is 11.9 Å². The predicted molar refractivity (Wildman–Crippen MR) is 48.5 cm³/mol. The van der Waals surface area contributed by atoms with Crippen molar-refractivity contribution < 1.29 is 9.53 Å². The molecule has 0 aromatic carbocycles. The molecular formula is C7H14N2O2S. The monoisotopic (exact) mass is 190 g/mol. The highest BCUT2D eigenvalue weighted by Crippen LogP contribution is 2.17. The molecule has 4 nitrogen and oxygen atoms in total. The van der Waals surface area contributed by atoms with E-state index in [1.54, 1.807) is 0 Å². The van der Waals surface area contributed by atoms with Gasteiger partial charge in [0.2, 0.25) is 0 Å². The van der Waals surface area contributed by atoms with E-state index < -0.39 is 5.60 Å². The van der Waals surface area contributed by atoms with Crippen molar-refractivity contribution >= 4 is 18.0 Å². The quantitative estimate of drug-likeness (QED) is 0.586. The van der Waals surface area contributed by atoms with Crippen LogP contribution < -0.4 is 5.43 Å². The van der Waals surface area contributed by atoms with E-state index in [9.17, 15) is 4.79 Å². The van der Waals surface area contributed by atoms with Crippen LogP contribution in [-0.2, 0) is 4.74 Å². The number of carbonyl (C=O) groups is 1. The molecule has 0 radical (unpaired) electrons. The number of nitrogens with one attached hydrogen (secondary N) is 1. The van der Waals surface area contributed by atoms with E-state index in [0.717, 1.165) is 12.3 Å². The number of hydrogen-bond donors (Lipinski definition) is 1. The Morgan fingerprint density at radius 3 is 2.67 bits per heavy atom. The zero-order valence-corrected chi connectivity index (χ0v) is 8.40. The Morgan fingerprint density at radius 1 is 1.58 bits per heavy atom. The molecule has 0 saturated carbocycles. The summed E-state index contributed by atoms with van der Waals surface area (Å²) in [6.45, 7) is 6.38. The number of carbonyl (C=O) groups excluding carboxylic acids is 1. The molecule has 0 aliphatic carbocycles. The molecule has 12 heavy (non-hydrogen) atoms. The predicted octanol–water partition coefficient (Wildman–Crippen LogP) is 1.39. The minimum Gasteiger partial charge on any atom is -0.442 e. The van der Waals surface area contributed by atoms with Crippen molar-refractivity contribution in [3.63, 3.8) is 0 Å². The van der Waals surface area contributed by atoms with Gasteiger partial charge in [0.15, 0.2) is 0 Å². The van der Waals surface area contributed by atoms with Gasteiger partial charge in [-0.2, -0.15) is 4.41 Å². The summed E-state index contributed by atoms with van der Waals surface area (Å²) < 4.78 is 6.56. The average Bonchev–Trinajstić information content (AvgIpc) is 2.32. The van der Waals surface area contributed by atoms with Gasteiger partial charge in [0.25, 0.3) is 0 Å². The molecule has 0 atom stereocenters. The highest BCUT2D eigenvalue weighted by Gasteiger charge is 2.24. The minimum atomic E-state index is -0.415. The summed E-state index contributed by atoms with van der Waals surface area (Å²) in [5.41, 5.74) is 2.49. The van der Waals surface area contributed by atoms with E-state index in [4.69, 9.17) is 4.74 Å². The van der Waals surface area contributed by atoms with Crippen LogP contribution in [0.1, 0.15) is 20.8 Å². The topological polar surface area (TPSA) is 41.6 Å². The molecule has 0 spiro atoms. The van der Waals surface area contributed by atoms with Gasteiger partial charge in [-0.3, -0.25) is 0 Å². The molecule has 1 rings (SSSR count). The lowest BCUT2D eigenvalue weighted by Gasteiger charge is -2.22. The molecule has 1 saturated heterocycles. The lowest BCUT2D eigenvalue weighted by atomic mass is 10.2. The van der Waals surface area contributed by atoms with Crippen molar-refractivity contribution in [3.8, 4) is 0 Å². The number of rotatable bonds is 0. The van der Waals surface area contributed by atoms with Crippen LogP contribution in [0, 0.1) is 0 Å². The van der Waals surface area contributed by atoms with Crippen molar-refractivity contribution in [1.29, 1.82) is 0 Å². The summed E-state index contributed by atoms with van der Waals surface area (Å²) in [6, 6.07) is 0. The summed E-state index contributed by atoms with van der Waals surface area (Å²) in [5, 5.41) is 0. The number of hydrogen-bond acceptors (Lipinski definition) is 4. The van der Waals surface area contributed by atoms with E-state index in [1.165, 1.54) is 16.4 Å². The molecule has 0 aromatic heterocycles. The largest absolute Gasteiger partial charge is 0.442 e. The summed E-state index contributed by atoms with van der Waals surface area (Å²) in [5.74, 6) is 0.916. The first kappa shape index (κ1) is 9.67. The van der Waals surface area contributed by atoms with Gasteiger partial charge in [-0.1, -0.05) is 0 Å². The number of ether oxygens (including phenoxy) is 1. The van der Waals surface area contributed by atoms with Crippen molar-refractivity contribution in [2.45, 2.75) is 26.4 Å². The summed E-state index contributed by atoms with van der Waals surface area (Å²) in [6.07, 6.45) is -0.315. The van der Waals surface area contributed by atoms with Crippen molar-refractivity contribution in [1.82, 2.24) is 9.84 Å². The van der Waals surface area contributed by atoms with Crippen LogP contribution in [0.25, 0.3) is 0 Å². The third kappa shape index (κ3) is 2.91. The number of nitrogens with zero attached hydrogens (tertiary/aromatic N) is 1. The van der Waals surface area contributed by atoms with Gasteiger partial charge in [-0.25, -0.2) is 10.2 Å². The first-order chi connectivity index (χ1) is 5.49. The average molecular weight is 190 g/mol. The molecule has 1 aliphatic rings. The Bertz CT molecular complexity index is 173. The Hall–Kier alpha value is -0.420. The second kappa shape index (κ2) is 3.53. The molecule has 1 amide bonds. The fourth-order valence-corrected chi connectivity index (χ4v) is 1.44. The van der Waals surface area contributed by atoms with Crippen molar-refractivity contribution in [2.75, 3.05) is 12.3 Å². The van der Waals surface area contributed by atoms with Crippen molar-refractivity contribution in [2.24, 2.45) is 0 Å². The molecule has 0 unspecified atom stereocenters. The summed E-state index contributed by atoms with van der Waals surface area (Å²) in [7, 11) is 0. The Balaban J connectivity index is 2.37. The van der Waals surface area contributed by atoms with Gasteiger partial charge >= 0.3 is 6.09 Å². The third-order valence-electron chi connectivity index (χ3n) is 1.14. The lowest BCUT2D eigenvalue weighted by molar-refractivity contribution is 0.0359. The normalized spacial score (nSPS) is 18.1. The van der Waals surface area contributed by atoms with E-state index in [2.05, 4.69) is 5.43 Å². The van der Waals surface area contributed by atoms with Crippen molar-refractivity contribution in [3.05, 3.63) is 0 Å². The first-order valence-electron chi connectivity index (χ1n) is 3.88. The van der Waals surface area contributed by atoms with E-state index in [1.807, 2.05) is 20.8 Å². The van der Waals surface area contributed by atoms with Gasteiger partial charge in [0.05, 0.1) is 0 Å². The molecule has 1 heterocycles. The zero-order chi connectivity index (χ0) is 9.19. The molecule has 1 N–H and O–H groups in total. The van der Waals surface area contributed by atoms with E-state index in [-0.39, 0.29) is 6.09 Å². The minimum absolute atomic E-state index is 0.315. The Kier molecular flexibility index (Phi) is 2.85. The van der Waals surface area contributed by atoms with E-state index >= 15 is 0 Å². The van der Waals surface area contributed by atoms with Crippen LogP contribution in [0.3, 0.4) is 0 Å². The number of hydrazine groups is 1. The maximum atomic E-state index is 11.3. The molecule has 1 aliphatic heterocycles. The Labute approximate surface area is 76.7 Å².